The number of carbonyl (C=O) groups is 1. The van der Waals surface area contributed by atoms with Crippen molar-refractivity contribution in [1.82, 2.24) is 14.9 Å². The second-order valence-corrected chi connectivity index (χ2v) is 6.33. The largest absolute Gasteiger partial charge is 0.271 e. The molecular formula is C21H15ClN4O. The molecule has 0 unspecified atom stereocenters. The van der Waals surface area contributed by atoms with Crippen LogP contribution in [-0.4, -0.2) is 20.8 Å². The van der Waals surface area contributed by atoms with E-state index in [1.54, 1.807) is 18.2 Å². The highest BCUT2D eigenvalue weighted by Crippen LogP contribution is 2.31. The second-order valence-electron chi connectivity index (χ2n) is 5.92. The maximum atomic E-state index is 12.4. The summed E-state index contributed by atoms with van der Waals surface area (Å²) in [5.74, 6) is -0.292. The van der Waals surface area contributed by atoms with Gasteiger partial charge in [0.1, 0.15) is 12.7 Å². The van der Waals surface area contributed by atoms with Crippen molar-refractivity contribution in [3.8, 4) is 22.3 Å². The number of amides is 1. The van der Waals surface area contributed by atoms with E-state index >= 15 is 0 Å². The molecule has 0 atom stereocenters. The minimum atomic E-state index is -0.292. The first-order chi connectivity index (χ1) is 13.2. The van der Waals surface area contributed by atoms with Gasteiger partial charge >= 0.3 is 0 Å². The van der Waals surface area contributed by atoms with Crippen molar-refractivity contribution in [2.75, 3.05) is 5.43 Å². The van der Waals surface area contributed by atoms with Crippen LogP contribution >= 0.6 is 11.6 Å². The average Bonchev–Trinajstić information content (AvgIpc) is 3.22. The molecular weight excluding hydrogens is 360 g/mol. The summed E-state index contributed by atoms with van der Waals surface area (Å²) in [6.45, 7) is 0. The van der Waals surface area contributed by atoms with Crippen LogP contribution in [0.4, 0.5) is 0 Å². The lowest BCUT2D eigenvalue weighted by molar-refractivity contribution is 0.100. The molecule has 5 nitrogen and oxygen atoms in total. The first kappa shape index (κ1) is 17.0. The Morgan fingerprint density at radius 1 is 0.889 bits per heavy atom. The Hall–Kier alpha value is -3.44. The predicted molar refractivity (Wildman–Crippen MR) is 106 cm³/mol. The Labute approximate surface area is 161 Å². The van der Waals surface area contributed by atoms with Crippen molar-refractivity contribution >= 4 is 17.5 Å². The summed E-state index contributed by atoms with van der Waals surface area (Å²) < 4.78 is 0. The van der Waals surface area contributed by atoms with Gasteiger partial charge in [0.25, 0.3) is 5.91 Å². The number of nitrogens with zero attached hydrogens (tertiary/aromatic N) is 3. The molecule has 0 spiro atoms. The molecule has 0 bridgehead atoms. The summed E-state index contributed by atoms with van der Waals surface area (Å²) in [5.41, 5.74) is 7.12. The Kier molecular flexibility index (Phi) is 4.68. The van der Waals surface area contributed by atoms with Crippen LogP contribution in [0.3, 0.4) is 0 Å². The van der Waals surface area contributed by atoms with Gasteiger partial charge in [-0.3, -0.25) is 4.79 Å². The van der Waals surface area contributed by atoms with E-state index in [0.717, 1.165) is 22.3 Å². The number of rotatable bonds is 4. The second kappa shape index (κ2) is 7.43. The summed E-state index contributed by atoms with van der Waals surface area (Å²) in [4.78, 5) is 17.5. The zero-order valence-electron chi connectivity index (χ0n) is 14.2. The van der Waals surface area contributed by atoms with Gasteiger partial charge in [0.15, 0.2) is 0 Å². The zero-order valence-corrected chi connectivity index (χ0v) is 15.0. The predicted octanol–water partition coefficient (Wildman–Crippen LogP) is 4.65. The molecule has 27 heavy (non-hydrogen) atoms. The van der Waals surface area contributed by atoms with Crippen LogP contribution in [0.25, 0.3) is 22.3 Å². The SMILES string of the molecule is O=C(Nn1cncn1)c1ccc(Cl)c(-c2ccc(-c3ccccc3)cc2)c1. The summed E-state index contributed by atoms with van der Waals surface area (Å²) in [7, 11) is 0. The smallest absolute Gasteiger partial charge is 0.267 e. The molecule has 6 heteroatoms. The van der Waals surface area contributed by atoms with Crippen molar-refractivity contribution in [3.63, 3.8) is 0 Å². The van der Waals surface area contributed by atoms with E-state index in [9.17, 15) is 4.79 Å². The lowest BCUT2D eigenvalue weighted by atomic mass is 9.99. The monoisotopic (exact) mass is 374 g/mol. The lowest BCUT2D eigenvalue weighted by Gasteiger charge is -2.10. The van der Waals surface area contributed by atoms with Crippen LogP contribution in [0, 0.1) is 0 Å². The Bertz CT molecular complexity index is 1060. The molecule has 0 aliphatic carbocycles. The van der Waals surface area contributed by atoms with Crippen molar-refractivity contribution in [2.45, 2.75) is 0 Å². The van der Waals surface area contributed by atoms with E-state index in [1.165, 1.54) is 17.4 Å². The van der Waals surface area contributed by atoms with E-state index < -0.39 is 0 Å². The molecule has 0 saturated carbocycles. The summed E-state index contributed by atoms with van der Waals surface area (Å²) in [5, 5.41) is 4.45. The maximum absolute atomic E-state index is 12.4. The Morgan fingerprint density at radius 2 is 1.59 bits per heavy atom. The van der Waals surface area contributed by atoms with Gasteiger partial charge in [0.05, 0.1) is 0 Å². The summed E-state index contributed by atoms with van der Waals surface area (Å²) in [6.07, 6.45) is 2.76. The Morgan fingerprint density at radius 3 is 2.30 bits per heavy atom. The number of hydrogen-bond acceptors (Lipinski definition) is 3. The Balaban J connectivity index is 1.62. The first-order valence-electron chi connectivity index (χ1n) is 8.32. The highest BCUT2D eigenvalue weighted by molar-refractivity contribution is 6.33. The molecule has 1 N–H and O–H groups in total. The minimum Gasteiger partial charge on any atom is -0.267 e. The van der Waals surface area contributed by atoms with E-state index in [2.05, 4.69) is 27.6 Å². The molecule has 4 rings (SSSR count). The third-order valence-electron chi connectivity index (χ3n) is 4.17. The van der Waals surface area contributed by atoms with Crippen molar-refractivity contribution < 1.29 is 4.79 Å². The number of nitrogens with one attached hydrogen (secondary N) is 1. The van der Waals surface area contributed by atoms with Crippen molar-refractivity contribution in [3.05, 3.63) is 96.0 Å². The van der Waals surface area contributed by atoms with Gasteiger partial charge in [-0.1, -0.05) is 66.2 Å². The normalized spacial score (nSPS) is 10.6. The number of aromatic nitrogens is 3. The molecule has 4 aromatic rings. The summed E-state index contributed by atoms with van der Waals surface area (Å²) in [6, 6.07) is 23.4. The van der Waals surface area contributed by atoms with Gasteiger partial charge in [-0.05, 0) is 34.9 Å². The number of hydrogen-bond donors (Lipinski definition) is 1. The van der Waals surface area contributed by atoms with Crippen LogP contribution in [0.15, 0.2) is 85.5 Å². The fourth-order valence-electron chi connectivity index (χ4n) is 2.80. The molecule has 1 aromatic heterocycles. The third kappa shape index (κ3) is 3.73. The highest BCUT2D eigenvalue weighted by atomic mass is 35.5. The fraction of sp³-hybridized carbons (Fsp3) is 0. The molecule has 0 saturated heterocycles. The van der Waals surface area contributed by atoms with Crippen LogP contribution in [0.1, 0.15) is 10.4 Å². The van der Waals surface area contributed by atoms with Gasteiger partial charge in [0, 0.05) is 16.1 Å². The quantitative estimate of drug-likeness (QED) is 0.565. The molecule has 1 amide bonds. The van der Waals surface area contributed by atoms with Gasteiger partial charge < -0.3 is 0 Å². The number of halogens is 1. The van der Waals surface area contributed by atoms with Crippen molar-refractivity contribution in [1.29, 1.82) is 0 Å². The maximum Gasteiger partial charge on any atom is 0.271 e. The van der Waals surface area contributed by atoms with Gasteiger partial charge in [-0.15, -0.1) is 5.10 Å². The van der Waals surface area contributed by atoms with Gasteiger partial charge in [-0.2, -0.15) is 4.79 Å². The molecule has 0 fully saturated rings. The summed E-state index contributed by atoms with van der Waals surface area (Å²) >= 11 is 6.38. The van der Waals surface area contributed by atoms with Crippen molar-refractivity contribution in [2.24, 2.45) is 0 Å². The van der Waals surface area contributed by atoms with E-state index in [-0.39, 0.29) is 5.91 Å². The third-order valence-corrected chi connectivity index (χ3v) is 4.50. The standard InChI is InChI=1S/C21H15ClN4O/c22-20-11-10-18(21(27)25-26-14-23-13-24-26)12-19(20)17-8-6-16(7-9-17)15-4-2-1-3-5-15/h1-14H,(H,25,27). The van der Waals surface area contributed by atoms with Crippen LogP contribution in [-0.2, 0) is 0 Å². The molecule has 1 heterocycles. The van der Waals surface area contributed by atoms with E-state index in [4.69, 9.17) is 11.6 Å². The zero-order chi connectivity index (χ0) is 18.6. The van der Waals surface area contributed by atoms with Crippen LogP contribution in [0.5, 0.6) is 0 Å². The van der Waals surface area contributed by atoms with E-state index in [0.29, 0.717) is 10.6 Å². The number of carbonyl (C=O) groups excluding carboxylic acids is 1. The molecule has 0 aliphatic heterocycles. The van der Waals surface area contributed by atoms with Gasteiger partial charge in [0.2, 0.25) is 0 Å². The highest BCUT2D eigenvalue weighted by Gasteiger charge is 2.11. The molecule has 3 aromatic carbocycles. The molecule has 0 aliphatic rings. The van der Waals surface area contributed by atoms with Gasteiger partial charge in [-0.25, -0.2) is 10.4 Å². The van der Waals surface area contributed by atoms with Crippen LogP contribution in [0.2, 0.25) is 5.02 Å². The fourth-order valence-corrected chi connectivity index (χ4v) is 3.02. The topological polar surface area (TPSA) is 59.8 Å². The van der Waals surface area contributed by atoms with E-state index in [1.807, 2.05) is 42.5 Å². The minimum absolute atomic E-state index is 0.292. The number of benzene rings is 3. The first-order valence-corrected chi connectivity index (χ1v) is 8.70. The average molecular weight is 375 g/mol. The lowest BCUT2D eigenvalue weighted by Crippen LogP contribution is -2.23. The molecule has 0 radical (unpaired) electrons. The van der Waals surface area contributed by atoms with Crippen LogP contribution < -0.4 is 5.43 Å². The molecule has 132 valence electrons.